The largest absolute Gasteiger partial charge is 0.395 e. The summed E-state index contributed by atoms with van der Waals surface area (Å²) in [6.45, 7) is 3.49. The van der Waals surface area contributed by atoms with Gasteiger partial charge in [0.1, 0.15) is 0 Å². The van der Waals surface area contributed by atoms with Gasteiger partial charge in [0.2, 0.25) is 0 Å². The fourth-order valence-electron chi connectivity index (χ4n) is 2.85. The molecule has 2 heterocycles. The first-order chi connectivity index (χ1) is 7.63. The Morgan fingerprint density at radius 2 is 2.12 bits per heavy atom. The highest BCUT2D eigenvalue weighted by Crippen LogP contribution is 2.26. The number of urea groups is 1. The number of carbonyl (C=O) groups excluding carboxylic acids is 1. The number of rotatable bonds is 3. The molecule has 0 spiro atoms. The number of hydrogen-bond donors (Lipinski definition) is 1. The Hall–Kier alpha value is -0.810. The molecule has 1 N–H and O–H groups in total. The lowest BCUT2D eigenvalue weighted by atomic mass is 9.99. The summed E-state index contributed by atoms with van der Waals surface area (Å²) in [5, 5.41) is 8.90. The maximum atomic E-state index is 11.9. The van der Waals surface area contributed by atoms with Gasteiger partial charge in [-0.3, -0.25) is 0 Å². The molecule has 16 heavy (non-hydrogen) atoms. The number of amides is 2. The number of aliphatic hydroxyl groups is 1. The molecule has 0 saturated carbocycles. The lowest BCUT2D eigenvalue weighted by Gasteiger charge is -2.23. The van der Waals surface area contributed by atoms with Crippen LogP contribution in [0.2, 0.25) is 0 Å². The summed E-state index contributed by atoms with van der Waals surface area (Å²) in [6, 6.07) is 0.387. The highest BCUT2D eigenvalue weighted by molar-refractivity contribution is 5.77. The van der Waals surface area contributed by atoms with Crippen molar-refractivity contribution in [3.05, 3.63) is 0 Å². The Kier molecular flexibility index (Phi) is 3.35. The van der Waals surface area contributed by atoms with Crippen LogP contribution in [0.4, 0.5) is 4.79 Å². The first-order valence-electron chi connectivity index (χ1n) is 5.94. The Balaban J connectivity index is 1.98. The van der Waals surface area contributed by atoms with Crippen LogP contribution in [0.15, 0.2) is 0 Å². The van der Waals surface area contributed by atoms with Crippen LogP contribution < -0.4 is 0 Å². The monoisotopic (exact) mass is 227 g/mol. The van der Waals surface area contributed by atoms with Crippen molar-refractivity contribution in [2.45, 2.75) is 12.5 Å². The van der Waals surface area contributed by atoms with Crippen LogP contribution in [0.5, 0.6) is 0 Å². The second-order valence-corrected chi connectivity index (χ2v) is 4.94. The van der Waals surface area contributed by atoms with E-state index < -0.39 is 0 Å². The van der Waals surface area contributed by atoms with Gasteiger partial charge in [-0.2, -0.15) is 0 Å². The molecule has 2 aliphatic heterocycles. The average Bonchev–Trinajstić information content (AvgIpc) is 2.78. The van der Waals surface area contributed by atoms with Gasteiger partial charge in [0.15, 0.2) is 0 Å². The highest BCUT2D eigenvalue weighted by atomic mass is 16.3. The van der Waals surface area contributed by atoms with Crippen molar-refractivity contribution < 1.29 is 9.90 Å². The minimum atomic E-state index is 0.0524. The van der Waals surface area contributed by atoms with E-state index in [4.69, 9.17) is 5.11 Å². The number of aliphatic hydroxyl groups excluding tert-OH is 1. The standard InChI is InChI=1S/C11H21N3O2/c1-12-4-3-9(7-12)10-8-14(5-6-15)11(16)13(10)2/h9-10,15H,3-8H2,1-2H3. The Morgan fingerprint density at radius 1 is 1.38 bits per heavy atom. The van der Waals surface area contributed by atoms with Crippen molar-refractivity contribution in [3.8, 4) is 0 Å². The van der Waals surface area contributed by atoms with Gasteiger partial charge in [-0.15, -0.1) is 0 Å². The summed E-state index contributed by atoms with van der Waals surface area (Å²) in [6.07, 6.45) is 1.17. The summed E-state index contributed by atoms with van der Waals surface area (Å²) in [5.74, 6) is 0.586. The molecular weight excluding hydrogens is 206 g/mol. The molecule has 0 radical (unpaired) electrons. The lowest BCUT2D eigenvalue weighted by Crippen LogP contribution is -2.37. The summed E-state index contributed by atoms with van der Waals surface area (Å²) in [4.78, 5) is 17.8. The third kappa shape index (κ3) is 2.01. The number of nitrogens with zero attached hydrogens (tertiary/aromatic N) is 3. The van der Waals surface area contributed by atoms with E-state index in [-0.39, 0.29) is 12.6 Å². The van der Waals surface area contributed by atoms with E-state index in [2.05, 4.69) is 11.9 Å². The molecule has 2 saturated heterocycles. The van der Waals surface area contributed by atoms with Crippen molar-refractivity contribution in [1.82, 2.24) is 14.7 Å². The average molecular weight is 227 g/mol. The van der Waals surface area contributed by atoms with E-state index >= 15 is 0 Å². The molecule has 0 bridgehead atoms. The molecule has 5 heteroatoms. The summed E-state index contributed by atoms with van der Waals surface area (Å²) >= 11 is 0. The number of likely N-dealkylation sites (tertiary alicyclic amines) is 1. The van der Waals surface area contributed by atoms with Crippen molar-refractivity contribution in [2.75, 3.05) is 46.9 Å². The molecule has 2 aliphatic rings. The van der Waals surface area contributed by atoms with Gasteiger partial charge in [-0.05, 0) is 25.9 Å². The van der Waals surface area contributed by atoms with Crippen molar-refractivity contribution in [2.24, 2.45) is 5.92 Å². The highest BCUT2D eigenvalue weighted by Gasteiger charge is 2.40. The fourth-order valence-corrected chi connectivity index (χ4v) is 2.85. The van der Waals surface area contributed by atoms with E-state index in [1.165, 1.54) is 6.42 Å². The minimum Gasteiger partial charge on any atom is -0.395 e. The molecule has 2 atom stereocenters. The molecule has 0 aromatic rings. The predicted octanol–water partition coefficient (Wildman–Crippen LogP) is -0.334. The molecule has 0 aliphatic carbocycles. The fraction of sp³-hybridized carbons (Fsp3) is 0.909. The molecule has 2 rings (SSSR count). The van der Waals surface area contributed by atoms with Crippen LogP contribution in [0, 0.1) is 5.92 Å². The number of hydrogen-bond acceptors (Lipinski definition) is 3. The third-order valence-electron chi connectivity index (χ3n) is 3.82. The van der Waals surface area contributed by atoms with E-state index in [1.807, 2.05) is 11.9 Å². The van der Waals surface area contributed by atoms with Crippen LogP contribution in [0.3, 0.4) is 0 Å². The summed E-state index contributed by atoms with van der Waals surface area (Å²) in [5.41, 5.74) is 0. The molecule has 92 valence electrons. The minimum absolute atomic E-state index is 0.0524. The van der Waals surface area contributed by atoms with Crippen LogP contribution >= 0.6 is 0 Å². The van der Waals surface area contributed by atoms with Gasteiger partial charge in [0.05, 0.1) is 12.6 Å². The number of β-amino-alcohol motifs (C(OH)–C–C–N with tert-alkyl or cyclic N) is 1. The molecule has 0 aromatic heterocycles. The predicted molar refractivity (Wildman–Crippen MR) is 61.2 cm³/mol. The zero-order chi connectivity index (χ0) is 11.7. The zero-order valence-electron chi connectivity index (χ0n) is 10.1. The zero-order valence-corrected chi connectivity index (χ0v) is 10.1. The van der Waals surface area contributed by atoms with E-state index in [9.17, 15) is 4.79 Å². The van der Waals surface area contributed by atoms with Crippen LogP contribution in [0.25, 0.3) is 0 Å². The second-order valence-electron chi connectivity index (χ2n) is 4.94. The molecule has 2 unspecified atom stereocenters. The lowest BCUT2D eigenvalue weighted by molar-refractivity contribution is 0.180. The number of likely N-dealkylation sites (N-methyl/N-ethyl adjacent to an activating group) is 1. The van der Waals surface area contributed by atoms with Gasteiger partial charge < -0.3 is 19.8 Å². The van der Waals surface area contributed by atoms with Crippen LogP contribution in [-0.4, -0.2) is 78.8 Å². The molecule has 2 amide bonds. The maximum Gasteiger partial charge on any atom is 0.320 e. The molecular formula is C11H21N3O2. The number of carbonyl (C=O) groups is 1. The first-order valence-corrected chi connectivity index (χ1v) is 5.94. The van der Waals surface area contributed by atoms with Crippen LogP contribution in [0.1, 0.15) is 6.42 Å². The van der Waals surface area contributed by atoms with Gasteiger partial charge in [0.25, 0.3) is 0 Å². The Morgan fingerprint density at radius 3 is 2.69 bits per heavy atom. The Bertz CT molecular complexity index is 272. The summed E-state index contributed by atoms with van der Waals surface area (Å²) in [7, 11) is 4.00. The van der Waals surface area contributed by atoms with E-state index in [0.717, 1.165) is 19.6 Å². The first kappa shape index (κ1) is 11.7. The van der Waals surface area contributed by atoms with Gasteiger partial charge in [-0.25, -0.2) is 4.79 Å². The molecule has 5 nitrogen and oxygen atoms in total. The molecule has 2 fully saturated rings. The smallest absolute Gasteiger partial charge is 0.320 e. The van der Waals surface area contributed by atoms with E-state index in [1.54, 1.807) is 4.90 Å². The molecule has 0 aromatic carbocycles. The third-order valence-corrected chi connectivity index (χ3v) is 3.82. The van der Waals surface area contributed by atoms with Crippen molar-refractivity contribution in [3.63, 3.8) is 0 Å². The quantitative estimate of drug-likeness (QED) is 0.718. The SMILES string of the molecule is CN1CCC(C2CN(CCO)C(=O)N2C)C1. The normalized spacial score (nSPS) is 31.8. The summed E-state index contributed by atoms with van der Waals surface area (Å²) < 4.78 is 0. The topological polar surface area (TPSA) is 47.0 Å². The Labute approximate surface area is 96.6 Å². The second kappa shape index (κ2) is 4.59. The van der Waals surface area contributed by atoms with Gasteiger partial charge >= 0.3 is 6.03 Å². The van der Waals surface area contributed by atoms with Gasteiger partial charge in [0, 0.05) is 26.7 Å². The van der Waals surface area contributed by atoms with Crippen LogP contribution in [-0.2, 0) is 0 Å². The van der Waals surface area contributed by atoms with E-state index in [0.29, 0.717) is 18.5 Å². The maximum absolute atomic E-state index is 11.9. The van der Waals surface area contributed by atoms with Crippen molar-refractivity contribution in [1.29, 1.82) is 0 Å². The van der Waals surface area contributed by atoms with Gasteiger partial charge in [-0.1, -0.05) is 0 Å². The van der Waals surface area contributed by atoms with Crippen molar-refractivity contribution >= 4 is 6.03 Å².